The van der Waals surface area contributed by atoms with Gasteiger partial charge in [0, 0.05) is 12.3 Å². The Balaban J connectivity index is 2.33. The number of methoxy groups -OCH3 is 1. The highest BCUT2D eigenvalue weighted by Crippen LogP contribution is 2.31. The summed E-state index contributed by atoms with van der Waals surface area (Å²) >= 11 is 0. The summed E-state index contributed by atoms with van der Waals surface area (Å²) in [7, 11) is 1.43. The van der Waals surface area contributed by atoms with Crippen LogP contribution in [0.25, 0.3) is 0 Å². The van der Waals surface area contributed by atoms with E-state index in [9.17, 15) is 15.0 Å². The third-order valence-electron chi connectivity index (χ3n) is 5.28. The second-order valence-electron chi connectivity index (χ2n) is 7.95. The van der Waals surface area contributed by atoms with Crippen LogP contribution in [0.2, 0.25) is 0 Å². The first-order valence-corrected chi connectivity index (χ1v) is 9.82. The molecule has 0 saturated heterocycles. The lowest BCUT2D eigenvalue weighted by molar-refractivity contribution is -0.0217. The molecule has 1 aromatic rings. The number of esters is 1. The molecule has 3 unspecified atom stereocenters. The Morgan fingerprint density at radius 1 is 1.21 bits per heavy atom. The lowest BCUT2D eigenvalue weighted by atomic mass is 9.81. The number of phenolic OH excluding ortho intramolecular Hbond substituents is 1. The van der Waals surface area contributed by atoms with Gasteiger partial charge >= 0.3 is 5.97 Å². The topological polar surface area (TPSA) is 76.0 Å². The van der Waals surface area contributed by atoms with Crippen molar-refractivity contribution in [2.75, 3.05) is 7.11 Å². The number of benzene rings is 1. The van der Waals surface area contributed by atoms with Crippen LogP contribution in [0.15, 0.2) is 41.5 Å². The van der Waals surface area contributed by atoms with Crippen LogP contribution < -0.4 is 4.74 Å². The maximum atomic E-state index is 12.8. The van der Waals surface area contributed by atoms with Crippen molar-refractivity contribution in [1.29, 1.82) is 0 Å². The molecule has 2 rings (SSSR count). The van der Waals surface area contributed by atoms with Crippen molar-refractivity contribution in [3.8, 4) is 11.5 Å². The van der Waals surface area contributed by atoms with Crippen molar-refractivity contribution in [2.24, 2.45) is 11.8 Å². The highest BCUT2D eigenvalue weighted by molar-refractivity contribution is 5.90. The fourth-order valence-corrected chi connectivity index (χ4v) is 3.74. The van der Waals surface area contributed by atoms with Gasteiger partial charge in [-0.05, 0) is 50.8 Å². The second-order valence-corrected chi connectivity index (χ2v) is 7.95. The van der Waals surface area contributed by atoms with Crippen molar-refractivity contribution in [2.45, 2.75) is 59.2 Å². The first-order chi connectivity index (χ1) is 13.2. The fraction of sp³-hybridized carbons (Fsp3) is 0.522. The molecule has 0 amide bonds. The van der Waals surface area contributed by atoms with E-state index in [1.165, 1.54) is 25.3 Å². The number of hydrogen-bond donors (Lipinski definition) is 2. The molecule has 0 bridgehead atoms. The van der Waals surface area contributed by atoms with E-state index in [1.807, 2.05) is 33.8 Å². The normalized spacial score (nSPS) is 27.3. The Kier molecular flexibility index (Phi) is 7.69. The minimum atomic E-state index is -0.682. The van der Waals surface area contributed by atoms with Gasteiger partial charge in [0.15, 0.2) is 11.5 Å². The Labute approximate surface area is 167 Å². The standard InChI is InChI=1S/C23H32O5/c1-14(2)22-19(25)11-15(3)7-6-8-16(4)12-21(22)28-23(26)17-9-10-18(24)20(13-17)27-5/h8-11,13-14,19,21-22,24-25H,6-7,12H2,1-5H3/b15-11+,16-8+. The number of phenols is 1. The van der Waals surface area contributed by atoms with Crippen LogP contribution in [0, 0.1) is 11.8 Å². The summed E-state index contributed by atoms with van der Waals surface area (Å²) < 4.78 is 11.0. The van der Waals surface area contributed by atoms with E-state index in [-0.39, 0.29) is 23.3 Å². The van der Waals surface area contributed by atoms with Gasteiger partial charge in [-0.3, -0.25) is 0 Å². The summed E-state index contributed by atoms with van der Waals surface area (Å²) in [5.74, 6) is -0.410. The van der Waals surface area contributed by atoms with Crippen molar-refractivity contribution in [3.05, 3.63) is 47.1 Å². The Morgan fingerprint density at radius 3 is 2.57 bits per heavy atom. The SMILES string of the molecule is COc1cc(C(=O)OC2C/C(C)=C/CC/C(C)=C/C(O)C2C(C)C)ccc1O. The lowest BCUT2D eigenvalue weighted by Gasteiger charge is -2.33. The highest BCUT2D eigenvalue weighted by Gasteiger charge is 2.33. The summed E-state index contributed by atoms with van der Waals surface area (Å²) in [6.07, 6.45) is 5.33. The molecule has 0 fully saturated rings. The molecule has 0 heterocycles. The van der Waals surface area contributed by atoms with Crippen molar-refractivity contribution >= 4 is 5.97 Å². The van der Waals surface area contributed by atoms with E-state index < -0.39 is 18.2 Å². The largest absolute Gasteiger partial charge is 0.504 e. The van der Waals surface area contributed by atoms with Gasteiger partial charge < -0.3 is 19.7 Å². The van der Waals surface area contributed by atoms with Crippen LogP contribution in [-0.4, -0.2) is 35.5 Å². The van der Waals surface area contributed by atoms with Gasteiger partial charge in [-0.25, -0.2) is 4.79 Å². The molecule has 0 aliphatic heterocycles. The van der Waals surface area contributed by atoms with Crippen molar-refractivity contribution in [1.82, 2.24) is 0 Å². The maximum absolute atomic E-state index is 12.8. The number of carbonyl (C=O) groups is 1. The predicted octanol–water partition coefficient (Wildman–Crippen LogP) is 4.64. The minimum Gasteiger partial charge on any atom is -0.504 e. The smallest absolute Gasteiger partial charge is 0.338 e. The van der Waals surface area contributed by atoms with E-state index in [2.05, 4.69) is 6.08 Å². The van der Waals surface area contributed by atoms with E-state index in [1.54, 1.807) is 0 Å². The molecule has 1 aromatic carbocycles. The van der Waals surface area contributed by atoms with Gasteiger partial charge in [0.2, 0.25) is 0 Å². The summed E-state index contributed by atoms with van der Waals surface area (Å²) in [6, 6.07) is 4.38. The molecular formula is C23H32O5. The van der Waals surface area contributed by atoms with E-state index >= 15 is 0 Å². The van der Waals surface area contributed by atoms with Gasteiger partial charge in [0.05, 0.1) is 18.8 Å². The summed E-state index contributed by atoms with van der Waals surface area (Å²) in [4.78, 5) is 12.8. The Bertz CT molecular complexity index is 747. The van der Waals surface area contributed by atoms with Crippen LogP contribution in [-0.2, 0) is 4.74 Å². The first-order valence-electron chi connectivity index (χ1n) is 9.82. The van der Waals surface area contributed by atoms with E-state index in [0.717, 1.165) is 24.0 Å². The molecule has 5 nitrogen and oxygen atoms in total. The third kappa shape index (κ3) is 5.61. The fourth-order valence-electron chi connectivity index (χ4n) is 3.74. The quantitative estimate of drug-likeness (QED) is 0.581. The summed E-state index contributed by atoms with van der Waals surface area (Å²) in [5.41, 5.74) is 2.59. The van der Waals surface area contributed by atoms with Crippen LogP contribution in [0.1, 0.15) is 57.3 Å². The molecule has 1 aliphatic carbocycles. The van der Waals surface area contributed by atoms with Gasteiger partial charge in [0.1, 0.15) is 6.10 Å². The number of rotatable bonds is 4. The molecule has 28 heavy (non-hydrogen) atoms. The van der Waals surface area contributed by atoms with Crippen LogP contribution in [0.3, 0.4) is 0 Å². The van der Waals surface area contributed by atoms with Crippen molar-refractivity contribution < 1.29 is 24.5 Å². The van der Waals surface area contributed by atoms with Gasteiger partial charge in [-0.1, -0.05) is 37.1 Å². The average molecular weight is 389 g/mol. The molecule has 0 spiro atoms. The number of aromatic hydroxyl groups is 1. The lowest BCUT2D eigenvalue weighted by Crippen LogP contribution is -2.38. The maximum Gasteiger partial charge on any atom is 0.338 e. The monoisotopic (exact) mass is 388 g/mol. The number of aliphatic hydroxyl groups excluding tert-OH is 1. The van der Waals surface area contributed by atoms with Crippen LogP contribution in [0.4, 0.5) is 0 Å². The molecule has 2 N–H and O–H groups in total. The summed E-state index contributed by atoms with van der Waals surface area (Å²) in [6.45, 7) is 8.13. The Hall–Kier alpha value is -2.27. The zero-order valence-electron chi connectivity index (χ0n) is 17.4. The minimum absolute atomic E-state index is 0.0346. The van der Waals surface area contributed by atoms with E-state index in [0.29, 0.717) is 12.0 Å². The van der Waals surface area contributed by atoms with Gasteiger partial charge in [0.25, 0.3) is 0 Å². The molecule has 5 heteroatoms. The zero-order valence-corrected chi connectivity index (χ0v) is 17.4. The third-order valence-corrected chi connectivity index (χ3v) is 5.28. The molecule has 1 aliphatic rings. The zero-order chi connectivity index (χ0) is 20.8. The van der Waals surface area contributed by atoms with Crippen LogP contribution in [0.5, 0.6) is 11.5 Å². The molecule has 3 atom stereocenters. The number of carbonyl (C=O) groups excluding carboxylic acids is 1. The van der Waals surface area contributed by atoms with Gasteiger partial charge in [-0.2, -0.15) is 0 Å². The molecule has 154 valence electrons. The number of aliphatic hydroxyl groups is 1. The van der Waals surface area contributed by atoms with Crippen molar-refractivity contribution in [3.63, 3.8) is 0 Å². The molecule has 0 radical (unpaired) electrons. The summed E-state index contributed by atoms with van der Waals surface area (Å²) in [5, 5.41) is 20.6. The van der Waals surface area contributed by atoms with Gasteiger partial charge in [-0.15, -0.1) is 0 Å². The number of allylic oxidation sites excluding steroid dienone is 2. The first kappa shape index (κ1) is 22.0. The number of hydrogen-bond acceptors (Lipinski definition) is 5. The number of ether oxygens (including phenoxy) is 2. The predicted molar refractivity (Wildman–Crippen MR) is 110 cm³/mol. The Morgan fingerprint density at radius 2 is 1.93 bits per heavy atom. The second kappa shape index (κ2) is 9.78. The highest BCUT2D eigenvalue weighted by atomic mass is 16.5. The van der Waals surface area contributed by atoms with Crippen LogP contribution >= 0.6 is 0 Å². The molecule has 0 aromatic heterocycles. The average Bonchev–Trinajstić information content (AvgIpc) is 2.61. The van der Waals surface area contributed by atoms with E-state index in [4.69, 9.17) is 9.47 Å². The molecule has 0 saturated carbocycles. The molecular weight excluding hydrogens is 356 g/mol.